The fraction of sp³-hybridized carbons (Fsp3) is 0.381. The number of rotatable bonds is 6. The lowest BCUT2D eigenvalue weighted by Gasteiger charge is -2.30. The summed E-state index contributed by atoms with van der Waals surface area (Å²) in [7, 11) is 0. The van der Waals surface area contributed by atoms with Gasteiger partial charge in [-0.15, -0.1) is 0 Å². The Morgan fingerprint density at radius 1 is 1.08 bits per heavy atom. The number of benzene rings is 2. The summed E-state index contributed by atoms with van der Waals surface area (Å²) in [6, 6.07) is 17.4. The first kappa shape index (κ1) is 20.5. The number of carbonyl (C=O) groups is 1. The van der Waals surface area contributed by atoms with E-state index in [0.717, 1.165) is 15.6 Å². The number of alkyl carbamates (subject to hydrolysis) is 1. The second-order valence-electron chi connectivity index (χ2n) is 7.38. The number of halogens is 1. The number of nitrogens with one attached hydrogen (secondary N) is 1. The van der Waals surface area contributed by atoms with E-state index in [9.17, 15) is 9.90 Å². The number of aryl methyl sites for hydroxylation is 1. The summed E-state index contributed by atoms with van der Waals surface area (Å²) in [5.74, 6) is 0. The van der Waals surface area contributed by atoms with Crippen LogP contribution in [0, 0.1) is 0 Å². The third-order valence-corrected chi connectivity index (χ3v) is 4.50. The zero-order chi connectivity index (χ0) is 19.2. The molecule has 0 saturated carbocycles. The van der Waals surface area contributed by atoms with Gasteiger partial charge in [0.1, 0.15) is 11.2 Å². The van der Waals surface area contributed by atoms with Crippen molar-refractivity contribution in [2.75, 3.05) is 6.54 Å². The molecule has 0 aliphatic carbocycles. The number of hydrogen-bond donors (Lipinski definition) is 2. The van der Waals surface area contributed by atoms with Gasteiger partial charge in [-0.2, -0.15) is 0 Å². The van der Waals surface area contributed by atoms with Crippen molar-refractivity contribution in [3.63, 3.8) is 0 Å². The number of ether oxygens (including phenoxy) is 1. The Labute approximate surface area is 163 Å². The van der Waals surface area contributed by atoms with Gasteiger partial charge in [0.2, 0.25) is 0 Å². The van der Waals surface area contributed by atoms with Gasteiger partial charge >= 0.3 is 6.09 Å². The van der Waals surface area contributed by atoms with E-state index in [-0.39, 0.29) is 6.54 Å². The quantitative estimate of drug-likeness (QED) is 0.706. The van der Waals surface area contributed by atoms with Crippen LogP contribution in [0.1, 0.15) is 38.3 Å². The van der Waals surface area contributed by atoms with Crippen molar-refractivity contribution in [2.45, 2.75) is 44.8 Å². The van der Waals surface area contributed by atoms with Crippen LogP contribution >= 0.6 is 15.9 Å². The van der Waals surface area contributed by atoms with Gasteiger partial charge in [-0.05, 0) is 56.9 Å². The predicted molar refractivity (Wildman–Crippen MR) is 107 cm³/mol. The van der Waals surface area contributed by atoms with E-state index >= 15 is 0 Å². The molecule has 4 nitrogen and oxygen atoms in total. The molecule has 0 saturated heterocycles. The third kappa shape index (κ3) is 6.46. The van der Waals surface area contributed by atoms with E-state index < -0.39 is 17.3 Å². The van der Waals surface area contributed by atoms with Crippen LogP contribution in [0.2, 0.25) is 0 Å². The molecular weight excluding hydrogens is 394 g/mol. The maximum absolute atomic E-state index is 12.0. The predicted octanol–water partition coefficient (Wildman–Crippen LogP) is 4.79. The molecule has 5 heteroatoms. The first-order chi connectivity index (χ1) is 12.2. The summed E-state index contributed by atoms with van der Waals surface area (Å²) < 4.78 is 6.30. The Balaban J connectivity index is 2.09. The maximum Gasteiger partial charge on any atom is 0.407 e. The molecule has 0 spiro atoms. The molecule has 0 radical (unpaired) electrons. The highest BCUT2D eigenvalue weighted by molar-refractivity contribution is 9.10. The third-order valence-electron chi connectivity index (χ3n) is 3.98. The van der Waals surface area contributed by atoms with Crippen LogP contribution in [-0.4, -0.2) is 23.3 Å². The SMILES string of the molecule is CC(C)(C)OC(=O)NC[C@@](O)(CCc1ccc(Br)cc1)c1ccccc1. The average molecular weight is 420 g/mol. The second-order valence-corrected chi connectivity index (χ2v) is 8.30. The molecule has 1 atom stereocenters. The van der Waals surface area contributed by atoms with Crippen LogP contribution in [0.15, 0.2) is 59.1 Å². The summed E-state index contributed by atoms with van der Waals surface area (Å²) in [6.45, 7) is 5.51. The molecule has 0 fully saturated rings. The van der Waals surface area contributed by atoms with Gasteiger partial charge < -0.3 is 15.2 Å². The van der Waals surface area contributed by atoms with Crippen LogP contribution in [0.4, 0.5) is 4.79 Å². The average Bonchev–Trinajstić information content (AvgIpc) is 2.59. The largest absolute Gasteiger partial charge is 0.444 e. The molecule has 2 aromatic carbocycles. The van der Waals surface area contributed by atoms with Crippen molar-refractivity contribution >= 4 is 22.0 Å². The van der Waals surface area contributed by atoms with Crippen LogP contribution in [-0.2, 0) is 16.8 Å². The number of hydrogen-bond acceptors (Lipinski definition) is 3. The van der Waals surface area contributed by atoms with Gasteiger partial charge in [-0.3, -0.25) is 0 Å². The number of amides is 1. The molecule has 2 N–H and O–H groups in total. The fourth-order valence-electron chi connectivity index (χ4n) is 2.62. The summed E-state index contributed by atoms with van der Waals surface area (Å²) >= 11 is 3.43. The van der Waals surface area contributed by atoms with E-state index in [4.69, 9.17) is 4.74 Å². The minimum atomic E-state index is -1.18. The Bertz CT molecular complexity index is 710. The van der Waals surface area contributed by atoms with Gasteiger partial charge in [0.25, 0.3) is 0 Å². The Morgan fingerprint density at radius 2 is 1.69 bits per heavy atom. The standard InChI is InChI=1S/C21H26BrNO3/c1-20(2,3)26-19(24)23-15-21(25,17-7-5-4-6-8-17)14-13-16-9-11-18(22)12-10-16/h4-12,25H,13-15H2,1-3H3,(H,23,24)/t21-/m0/s1. The van der Waals surface area contributed by atoms with E-state index in [1.165, 1.54) is 0 Å². The van der Waals surface area contributed by atoms with E-state index in [1.807, 2.05) is 75.4 Å². The van der Waals surface area contributed by atoms with Crippen LogP contribution < -0.4 is 5.32 Å². The summed E-state index contributed by atoms with van der Waals surface area (Å²) in [4.78, 5) is 12.0. The monoisotopic (exact) mass is 419 g/mol. The molecular formula is C21H26BrNO3. The van der Waals surface area contributed by atoms with E-state index in [0.29, 0.717) is 12.8 Å². The molecule has 0 unspecified atom stereocenters. The second kappa shape index (κ2) is 8.69. The molecule has 0 aliphatic rings. The minimum absolute atomic E-state index is 0.0858. The zero-order valence-corrected chi connectivity index (χ0v) is 17.0. The summed E-state index contributed by atoms with van der Waals surface area (Å²) in [6.07, 6.45) is 0.638. The zero-order valence-electron chi connectivity index (χ0n) is 15.5. The first-order valence-corrected chi connectivity index (χ1v) is 9.46. The van der Waals surface area contributed by atoms with Gasteiger partial charge in [-0.1, -0.05) is 58.4 Å². The van der Waals surface area contributed by atoms with Crippen molar-refractivity contribution in [1.29, 1.82) is 0 Å². The van der Waals surface area contributed by atoms with Gasteiger partial charge in [0.15, 0.2) is 0 Å². The molecule has 140 valence electrons. The maximum atomic E-state index is 12.0. The molecule has 0 heterocycles. The van der Waals surface area contributed by atoms with Crippen LogP contribution in [0.3, 0.4) is 0 Å². The first-order valence-electron chi connectivity index (χ1n) is 8.67. The van der Waals surface area contributed by atoms with Gasteiger partial charge in [-0.25, -0.2) is 4.79 Å². The van der Waals surface area contributed by atoms with Crippen LogP contribution in [0.5, 0.6) is 0 Å². The Kier molecular flexibility index (Phi) is 6.84. The van der Waals surface area contributed by atoms with Crippen LogP contribution in [0.25, 0.3) is 0 Å². The fourth-order valence-corrected chi connectivity index (χ4v) is 2.88. The lowest BCUT2D eigenvalue weighted by molar-refractivity contribution is 0.0157. The molecule has 2 rings (SSSR count). The van der Waals surface area contributed by atoms with Crippen molar-refractivity contribution < 1.29 is 14.6 Å². The molecule has 26 heavy (non-hydrogen) atoms. The lowest BCUT2D eigenvalue weighted by atomic mass is 9.87. The van der Waals surface area contributed by atoms with Crippen molar-refractivity contribution in [3.05, 3.63) is 70.2 Å². The summed E-state index contributed by atoms with van der Waals surface area (Å²) in [5, 5.41) is 14.0. The van der Waals surface area contributed by atoms with Crippen molar-refractivity contribution in [2.24, 2.45) is 0 Å². The lowest BCUT2D eigenvalue weighted by Crippen LogP contribution is -2.43. The highest BCUT2D eigenvalue weighted by Crippen LogP contribution is 2.27. The minimum Gasteiger partial charge on any atom is -0.444 e. The molecule has 0 bridgehead atoms. The van der Waals surface area contributed by atoms with Crippen molar-refractivity contribution in [1.82, 2.24) is 5.32 Å². The number of aliphatic hydroxyl groups is 1. The van der Waals surface area contributed by atoms with Gasteiger partial charge in [0.05, 0.1) is 6.54 Å². The highest BCUT2D eigenvalue weighted by atomic mass is 79.9. The molecule has 2 aromatic rings. The normalized spacial score (nSPS) is 13.7. The number of carbonyl (C=O) groups excluding carboxylic acids is 1. The highest BCUT2D eigenvalue weighted by Gasteiger charge is 2.30. The topological polar surface area (TPSA) is 58.6 Å². The van der Waals surface area contributed by atoms with Crippen molar-refractivity contribution in [3.8, 4) is 0 Å². The summed E-state index contributed by atoms with van der Waals surface area (Å²) in [5.41, 5.74) is 0.144. The smallest absolute Gasteiger partial charge is 0.407 e. The molecule has 1 amide bonds. The van der Waals surface area contributed by atoms with E-state index in [2.05, 4.69) is 21.2 Å². The van der Waals surface area contributed by atoms with Gasteiger partial charge in [0, 0.05) is 4.47 Å². The Hall–Kier alpha value is -1.85. The Morgan fingerprint density at radius 3 is 2.27 bits per heavy atom. The molecule has 0 aromatic heterocycles. The van der Waals surface area contributed by atoms with E-state index in [1.54, 1.807) is 0 Å². The molecule has 0 aliphatic heterocycles.